The normalized spacial score (nSPS) is 10.7. The van der Waals surface area contributed by atoms with Gasteiger partial charge in [0.05, 0.1) is 16.1 Å². The van der Waals surface area contributed by atoms with Crippen molar-refractivity contribution >= 4 is 51.1 Å². The summed E-state index contributed by atoms with van der Waals surface area (Å²) >= 11 is 6.63. The third-order valence-corrected chi connectivity index (χ3v) is 4.26. The number of benzene rings is 1. The van der Waals surface area contributed by atoms with Gasteiger partial charge < -0.3 is 10.3 Å². The van der Waals surface area contributed by atoms with Gasteiger partial charge in [-0.3, -0.25) is 14.9 Å². The molecule has 1 aromatic carbocycles. The van der Waals surface area contributed by atoms with Crippen LogP contribution < -0.4 is 5.32 Å². The fraction of sp³-hybridized carbons (Fsp3) is 0. The van der Waals surface area contributed by atoms with Crippen LogP contribution in [0.3, 0.4) is 0 Å². The van der Waals surface area contributed by atoms with E-state index in [1.807, 2.05) is 18.2 Å². The summed E-state index contributed by atoms with van der Waals surface area (Å²) in [7, 11) is 0. The minimum absolute atomic E-state index is 0.0109. The number of nitro groups is 1. The van der Waals surface area contributed by atoms with Crippen LogP contribution >= 0.6 is 22.9 Å². The lowest BCUT2D eigenvalue weighted by Gasteiger charge is -2.04. The van der Waals surface area contributed by atoms with Gasteiger partial charge in [-0.05, 0) is 12.1 Å². The lowest BCUT2D eigenvalue weighted by Crippen LogP contribution is -2.10. The molecule has 2 heterocycles. The largest absolute Gasteiger partial charge is 0.359 e. The van der Waals surface area contributed by atoms with Gasteiger partial charge in [0.1, 0.15) is 4.88 Å². The minimum Gasteiger partial charge on any atom is -0.359 e. The lowest BCUT2D eigenvalue weighted by atomic mass is 10.2. The van der Waals surface area contributed by atoms with Crippen LogP contribution in [0.5, 0.6) is 0 Å². The number of amides is 1. The fourth-order valence-electron chi connectivity index (χ4n) is 1.97. The predicted octanol–water partition coefficient (Wildman–Crippen LogP) is 4.04. The van der Waals surface area contributed by atoms with Crippen molar-refractivity contribution in [2.24, 2.45) is 0 Å². The van der Waals surface area contributed by atoms with Crippen LogP contribution in [0.1, 0.15) is 9.67 Å². The zero-order valence-electron chi connectivity index (χ0n) is 10.4. The molecular formula is C13H8ClN3O3S. The maximum atomic E-state index is 12.2. The molecule has 0 radical (unpaired) electrons. The van der Waals surface area contributed by atoms with Crippen LogP contribution in [0.4, 0.5) is 11.4 Å². The van der Waals surface area contributed by atoms with Crippen LogP contribution in [-0.2, 0) is 0 Å². The molecule has 106 valence electrons. The highest BCUT2D eigenvalue weighted by Gasteiger charge is 2.21. The van der Waals surface area contributed by atoms with E-state index in [1.165, 1.54) is 6.07 Å². The number of hydrogen-bond donors (Lipinski definition) is 2. The third kappa shape index (κ3) is 2.48. The zero-order chi connectivity index (χ0) is 15.0. The van der Waals surface area contributed by atoms with Gasteiger partial charge >= 0.3 is 0 Å². The molecule has 3 aromatic rings. The minimum atomic E-state index is -0.610. The van der Waals surface area contributed by atoms with E-state index in [4.69, 9.17) is 11.6 Å². The SMILES string of the molecule is O=C(Nc1cccc2cc[nH]c12)c1cc([N+](=O)[O-])c(Cl)s1. The number of fused-ring (bicyclic) bond motifs is 1. The molecule has 1 amide bonds. The van der Waals surface area contributed by atoms with Crippen LogP contribution in [-0.4, -0.2) is 15.8 Å². The summed E-state index contributed by atoms with van der Waals surface area (Å²) in [4.78, 5) is 25.5. The Morgan fingerprint density at radius 1 is 1.38 bits per heavy atom. The van der Waals surface area contributed by atoms with Crippen molar-refractivity contribution in [3.8, 4) is 0 Å². The molecule has 0 aliphatic carbocycles. The molecule has 0 aliphatic heterocycles. The maximum absolute atomic E-state index is 12.2. The topological polar surface area (TPSA) is 88.0 Å². The van der Waals surface area contributed by atoms with Gasteiger partial charge in [-0.2, -0.15) is 0 Å². The summed E-state index contributed by atoms with van der Waals surface area (Å²) in [5.74, 6) is -0.433. The molecule has 8 heteroatoms. The number of hydrogen-bond acceptors (Lipinski definition) is 4. The number of rotatable bonds is 3. The Balaban J connectivity index is 1.91. The van der Waals surface area contributed by atoms with E-state index in [0.717, 1.165) is 22.2 Å². The summed E-state index contributed by atoms with van der Waals surface area (Å²) in [6.07, 6.45) is 1.77. The average Bonchev–Trinajstić information content (AvgIpc) is 3.05. The second kappa shape index (κ2) is 5.19. The van der Waals surface area contributed by atoms with E-state index in [1.54, 1.807) is 12.3 Å². The number of carbonyl (C=O) groups excluding carboxylic acids is 1. The molecule has 0 aliphatic rings. The monoisotopic (exact) mass is 321 g/mol. The van der Waals surface area contributed by atoms with E-state index >= 15 is 0 Å². The molecule has 0 spiro atoms. The number of para-hydroxylation sites is 1. The highest BCUT2D eigenvalue weighted by atomic mass is 35.5. The smallest absolute Gasteiger partial charge is 0.299 e. The highest BCUT2D eigenvalue weighted by molar-refractivity contribution is 7.18. The molecule has 3 rings (SSSR count). The number of anilines is 1. The van der Waals surface area contributed by atoms with Gasteiger partial charge in [0.15, 0.2) is 4.34 Å². The first-order chi connectivity index (χ1) is 10.1. The van der Waals surface area contributed by atoms with Crippen molar-refractivity contribution in [1.29, 1.82) is 0 Å². The second-order valence-electron chi connectivity index (χ2n) is 4.23. The number of nitrogens with one attached hydrogen (secondary N) is 2. The zero-order valence-corrected chi connectivity index (χ0v) is 12.0. The number of carbonyl (C=O) groups is 1. The molecule has 0 atom stereocenters. The van der Waals surface area contributed by atoms with Gasteiger partial charge in [0.25, 0.3) is 11.6 Å². The quantitative estimate of drug-likeness (QED) is 0.563. The Morgan fingerprint density at radius 3 is 2.90 bits per heavy atom. The van der Waals surface area contributed by atoms with Crippen molar-refractivity contribution in [3.05, 3.63) is 55.9 Å². The van der Waals surface area contributed by atoms with E-state index < -0.39 is 10.8 Å². The van der Waals surface area contributed by atoms with Crippen molar-refractivity contribution in [2.75, 3.05) is 5.32 Å². The Labute approximate surface area is 127 Å². The molecule has 0 saturated carbocycles. The molecule has 2 aromatic heterocycles. The van der Waals surface area contributed by atoms with Gasteiger partial charge in [0, 0.05) is 17.6 Å². The van der Waals surface area contributed by atoms with E-state index in [0.29, 0.717) is 5.69 Å². The summed E-state index contributed by atoms with van der Waals surface area (Å²) < 4.78 is -0.0109. The van der Waals surface area contributed by atoms with E-state index in [9.17, 15) is 14.9 Å². The second-order valence-corrected chi connectivity index (χ2v) is 5.88. The summed E-state index contributed by atoms with van der Waals surface area (Å²) in [6, 6.07) is 8.54. The van der Waals surface area contributed by atoms with E-state index in [2.05, 4.69) is 10.3 Å². The predicted molar refractivity (Wildman–Crippen MR) is 82.2 cm³/mol. The Morgan fingerprint density at radius 2 is 2.19 bits per heavy atom. The van der Waals surface area contributed by atoms with E-state index in [-0.39, 0.29) is 14.9 Å². The molecular weight excluding hydrogens is 314 g/mol. The standard InChI is InChI=1S/C13H8ClN3O3S/c14-12-9(17(19)20)6-10(21-12)13(18)16-8-3-1-2-7-4-5-15-11(7)8/h1-6,15H,(H,16,18). The van der Waals surface area contributed by atoms with Gasteiger partial charge in [0.2, 0.25) is 0 Å². The summed E-state index contributed by atoms with van der Waals surface area (Å²) in [6.45, 7) is 0. The molecule has 0 fully saturated rings. The molecule has 0 saturated heterocycles. The number of nitrogens with zero attached hydrogens (tertiary/aromatic N) is 1. The summed E-state index contributed by atoms with van der Waals surface area (Å²) in [5.41, 5.74) is 1.14. The average molecular weight is 322 g/mol. The number of thiophene rings is 1. The van der Waals surface area contributed by atoms with Crippen LogP contribution in [0.15, 0.2) is 36.5 Å². The number of aromatic nitrogens is 1. The lowest BCUT2D eigenvalue weighted by molar-refractivity contribution is -0.384. The summed E-state index contributed by atoms with van der Waals surface area (Å²) in [5, 5.41) is 14.4. The van der Waals surface area contributed by atoms with Gasteiger partial charge in [-0.25, -0.2) is 0 Å². The van der Waals surface area contributed by atoms with Crippen molar-refractivity contribution in [1.82, 2.24) is 4.98 Å². The van der Waals surface area contributed by atoms with Crippen molar-refractivity contribution < 1.29 is 9.72 Å². The number of H-pyrrole nitrogens is 1. The van der Waals surface area contributed by atoms with Crippen LogP contribution in [0.2, 0.25) is 4.34 Å². The maximum Gasteiger partial charge on any atom is 0.299 e. The van der Waals surface area contributed by atoms with Crippen LogP contribution in [0, 0.1) is 10.1 Å². The van der Waals surface area contributed by atoms with Gasteiger partial charge in [-0.1, -0.05) is 23.7 Å². The Kier molecular flexibility index (Phi) is 3.36. The molecule has 0 unspecified atom stereocenters. The first-order valence-corrected chi connectivity index (χ1v) is 7.07. The highest BCUT2D eigenvalue weighted by Crippen LogP contribution is 2.34. The van der Waals surface area contributed by atoms with Crippen molar-refractivity contribution in [2.45, 2.75) is 0 Å². The van der Waals surface area contributed by atoms with Crippen LogP contribution in [0.25, 0.3) is 10.9 Å². The Bertz CT molecular complexity index is 855. The van der Waals surface area contributed by atoms with Gasteiger partial charge in [-0.15, -0.1) is 11.3 Å². The first-order valence-electron chi connectivity index (χ1n) is 5.87. The number of halogens is 1. The first kappa shape index (κ1) is 13.6. The molecule has 0 bridgehead atoms. The molecule has 21 heavy (non-hydrogen) atoms. The number of aromatic amines is 1. The fourth-order valence-corrected chi connectivity index (χ4v) is 3.09. The molecule has 2 N–H and O–H groups in total. The molecule has 6 nitrogen and oxygen atoms in total. The third-order valence-electron chi connectivity index (χ3n) is 2.92. The van der Waals surface area contributed by atoms with Crippen molar-refractivity contribution in [3.63, 3.8) is 0 Å². The Hall–Kier alpha value is -2.38.